The Balaban J connectivity index is -0.00000183. The van der Waals surface area contributed by atoms with Gasteiger partial charge in [0.05, 0.1) is 30.6 Å². The van der Waals surface area contributed by atoms with E-state index in [1.165, 1.54) is 31.4 Å². The molecule has 46 heavy (non-hydrogen) atoms. The summed E-state index contributed by atoms with van der Waals surface area (Å²) in [6.45, 7) is 14.1. The van der Waals surface area contributed by atoms with Crippen molar-refractivity contribution in [3.05, 3.63) is 89.9 Å². The first-order chi connectivity index (χ1) is 22.1. The van der Waals surface area contributed by atoms with Gasteiger partial charge in [0.1, 0.15) is 32.4 Å². The number of halogens is 5. The van der Waals surface area contributed by atoms with Gasteiger partial charge in [0.25, 0.3) is 0 Å². The van der Waals surface area contributed by atoms with Crippen molar-refractivity contribution in [3.63, 3.8) is 0 Å². The molecule has 0 saturated heterocycles. The number of carbonyl (C=O) groups is 2. The van der Waals surface area contributed by atoms with E-state index in [2.05, 4.69) is 23.0 Å². The molecule has 0 saturated carbocycles. The van der Waals surface area contributed by atoms with E-state index in [0.29, 0.717) is 18.4 Å². The molecule has 262 valence electrons. The van der Waals surface area contributed by atoms with Crippen molar-refractivity contribution in [1.82, 2.24) is 0 Å². The molecule has 1 N–H and O–H groups in total. The number of esters is 1. The summed E-state index contributed by atoms with van der Waals surface area (Å²) in [7, 11) is 1.48. The van der Waals surface area contributed by atoms with Crippen molar-refractivity contribution in [3.8, 4) is 0 Å². The number of hydrogen-bond acceptors (Lipinski definition) is 8. The normalized spacial score (nSPS) is 11.2. The van der Waals surface area contributed by atoms with Crippen LogP contribution in [0.5, 0.6) is 0 Å². The third kappa shape index (κ3) is 22.7. The summed E-state index contributed by atoms with van der Waals surface area (Å²) in [5, 5.41) is 9.23. The number of aryl methyl sites for hydroxylation is 1. The molecule has 0 aromatic heterocycles. The van der Waals surface area contributed by atoms with Gasteiger partial charge < -0.3 is 24.1 Å². The summed E-state index contributed by atoms with van der Waals surface area (Å²) in [6.07, 6.45) is 4.58. The maximum Gasteiger partial charge on any atom is 0.416 e. The van der Waals surface area contributed by atoms with E-state index in [0.717, 1.165) is 25.2 Å². The Morgan fingerprint density at radius 1 is 1.02 bits per heavy atom. The molecule has 0 radical (unpaired) electrons. The van der Waals surface area contributed by atoms with Crippen molar-refractivity contribution >= 4 is 18.3 Å². The van der Waals surface area contributed by atoms with Crippen molar-refractivity contribution in [2.45, 2.75) is 59.1 Å². The number of rotatable bonds is 19. The smallest absolute Gasteiger partial charge is 0.416 e. The van der Waals surface area contributed by atoms with Gasteiger partial charge in [0.2, 0.25) is 0 Å². The summed E-state index contributed by atoms with van der Waals surface area (Å²) in [5.41, 5.74) is -0.135. The van der Waals surface area contributed by atoms with Crippen LogP contribution in [0, 0.1) is 0 Å². The lowest BCUT2D eigenvalue weighted by Gasteiger charge is -2.16. The third-order valence-electron chi connectivity index (χ3n) is 5.30. The number of aliphatic hydroxyl groups excluding tert-OH is 1. The van der Waals surface area contributed by atoms with Gasteiger partial charge in [-0.1, -0.05) is 64.5 Å². The van der Waals surface area contributed by atoms with Gasteiger partial charge in [-0.15, -0.1) is 6.58 Å². The molecule has 0 spiro atoms. The highest BCUT2D eigenvalue weighted by Crippen LogP contribution is 2.35. The van der Waals surface area contributed by atoms with E-state index < -0.39 is 24.3 Å². The quantitative estimate of drug-likeness (QED) is 0.0298. The fourth-order valence-electron chi connectivity index (χ4n) is 3.31. The van der Waals surface area contributed by atoms with Crippen LogP contribution in [-0.2, 0) is 46.3 Å². The maximum atomic E-state index is 13.9. The molecule has 8 nitrogen and oxygen atoms in total. The lowest BCUT2D eigenvalue weighted by atomic mass is 9.94. The van der Waals surface area contributed by atoms with Crippen LogP contribution >= 0.6 is 0 Å². The third-order valence-corrected chi connectivity index (χ3v) is 5.30. The Bertz CT molecular complexity index is 1050. The van der Waals surface area contributed by atoms with E-state index in [1.54, 1.807) is 12.1 Å². The molecule has 13 heteroatoms. The molecular weight excluding hydrogens is 619 g/mol. The molecule has 1 rings (SSSR count). The highest BCUT2D eigenvalue weighted by atomic mass is 19.4. The highest BCUT2D eigenvalue weighted by molar-refractivity contribution is 5.88. The summed E-state index contributed by atoms with van der Waals surface area (Å²) < 4.78 is 79.5. The molecule has 0 atom stereocenters. The van der Waals surface area contributed by atoms with Crippen molar-refractivity contribution < 1.29 is 61.0 Å². The van der Waals surface area contributed by atoms with Crippen molar-refractivity contribution in [1.29, 1.82) is 0 Å². The first kappa shape index (κ1) is 46.6. The molecule has 0 aliphatic heterocycles. The molecule has 0 fully saturated rings. The molecular formula is C33H47F5O8. The monoisotopic (exact) mass is 666 g/mol. The summed E-state index contributed by atoms with van der Waals surface area (Å²) in [4.78, 5) is 26.2. The minimum Gasteiger partial charge on any atom is -0.515 e. The largest absolute Gasteiger partial charge is 0.515 e. The predicted molar refractivity (Wildman–Crippen MR) is 168 cm³/mol. The van der Waals surface area contributed by atoms with Crippen LogP contribution in [0.4, 0.5) is 22.2 Å². The number of allylic oxidation sites excluding steroid dienone is 3. The maximum absolute atomic E-state index is 13.9. The van der Waals surface area contributed by atoms with Crippen LogP contribution in [-0.4, -0.2) is 58.0 Å². The second-order valence-corrected chi connectivity index (χ2v) is 8.54. The lowest BCUT2D eigenvalue weighted by molar-refractivity contribution is -0.146. The number of unbranched alkanes of at least 4 members (excludes halogenated alkanes) is 2. The van der Waals surface area contributed by atoms with E-state index >= 15 is 0 Å². The minimum absolute atomic E-state index is 0.0139. The van der Waals surface area contributed by atoms with Crippen LogP contribution in [0.1, 0.15) is 63.1 Å². The van der Waals surface area contributed by atoms with Gasteiger partial charge >= 0.3 is 12.1 Å². The van der Waals surface area contributed by atoms with Gasteiger partial charge in [-0.2, -0.15) is 23.1 Å². The molecule has 1 aromatic carbocycles. The Morgan fingerprint density at radius 2 is 1.70 bits per heavy atom. The van der Waals surface area contributed by atoms with Gasteiger partial charge in [-0.3, -0.25) is 0 Å². The predicted octanol–water partition coefficient (Wildman–Crippen LogP) is 8.75. The van der Waals surface area contributed by atoms with E-state index in [4.69, 9.17) is 19.0 Å². The Morgan fingerprint density at radius 3 is 2.20 bits per heavy atom. The second kappa shape index (κ2) is 31.2. The fraction of sp³-hybridized carbons (Fsp3) is 0.455. The fourth-order valence-corrected chi connectivity index (χ4v) is 3.31. The minimum atomic E-state index is -4.55. The van der Waals surface area contributed by atoms with E-state index in [1.807, 2.05) is 27.6 Å². The zero-order valence-corrected chi connectivity index (χ0v) is 27.0. The second-order valence-electron chi connectivity index (χ2n) is 8.54. The van der Waals surface area contributed by atoms with Gasteiger partial charge in [0, 0.05) is 19.6 Å². The van der Waals surface area contributed by atoms with E-state index in [-0.39, 0.29) is 55.3 Å². The number of aliphatic hydroxyl groups is 1. The van der Waals surface area contributed by atoms with Crippen LogP contribution in [0.2, 0.25) is 0 Å². The molecule has 0 aliphatic rings. The topological polar surface area (TPSA) is 101 Å². The Hall–Kier alpha value is -3.81. The number of hydrogen-bond donors (Lipinski definition) is 1. The number of carbonyl (C=O) groups excluding carboxylic acids is 2. The van der Waals surface area contributed by atoms with E-state index in [9.17, 15) is 32.1 Å². The Labute approximate surface area is 268 Å². The Kier molecular flexibility index (Phi) is 31.6. The molecule has 0 unspecified atom stereocenters. The molecule has 0 aliphatic carbocycles. The van der Waals surface area contributed by atoms with Crippen LogP contribution in [0.3, 0.4) is 0 Å². The molecule has 0 bridgehead atoms. The van der Waals surface area contributed by atoms with Crippen LogP contribution in [0.15, 0.2) is 73.3 Å². The summed E-state index contributed by atoms with van der Waals surface area (Å²) in [6, 6.07) is 4.12. The average molecular weight is 667 g/mol. The molecule has 0 amide bonds. The number of alkyl halides is 3. The number of methoxy groups -OCH3 is 1. The van der Waals surface area contributed by atoms with Crippen LogP contribution < -0.4 is 0 Å². The number of benzene rings is 1. The highest BCUT2D eigenvalue weighted by Gasteiger charge is 2.33. The first-order valence-corrected chi connectivity index (χ1v) is 14.4. The number of ether oxygens (including phenoxy) is 3. The molecule has 0 heterocycles. The van der Waals surface area contributed by atoms with Crippen LogP contribution in [0.25, 0.3) is 5.57 Å². The summed E-state index contributed by atoms with van der Waals surface area (Å²) in [5.74, 6) is -0.678. The first-order valence-electron chi connectivity index (χ1n) is 14.4. The molecule has 1 aromatic rings. The van der Waals surface area contributed by atoms with Crippen molar-refractivity contribution in [2.75, 3.05) is 40.1 Å². The average Bonchev–Trinajstić information content (AvgIpc) is 3.05. The van der Waals surface area contributed by atoms with Crippen molar-refractivity contribution in [2.24, 2.45) is 0 Å². The zero-order valence-electron chi connectivity index (χ0n) is 27.0. The zero-order chi connectivity index (χ0) is 35.8. The van der Waals surface area contributed by atoms with Gasteiger partial charge in [0.15, 0.2) is 0 Å². The lowest BCUT2D eigenvalue weighted by Crippen LogP contribution is -2.11. The SMILES string of the molecule is C=C(COF)C(=O)OCC\C=C(/C=C(\C=C\O)OCCOC)c1ccc(CCCCC)c(C(F)(F)F)c1.C=CCOF.C=O.CC. The van der Waals surface area contributed by atoms with Gasteiger partial charge in [-0.25, -0.2) is 4.79 Å². The summed E-state index contributed by atoms with van der Waals surface area (Å²) >= 11 is 0. The van der Waals surface area contributed by atoms with Gasteiger partial charge in [-0.05, 0) is 50.7 Å². The standard InChI is InChI=1S/C27H34F4O6.C3H5FO.C2H6.CH2O/c1-4-5-6-8-21-10-11-23(18-25(21)27(28,29)30)22(17-24(12-13-32)35-16-15-34-3)9-7-14-36-26(33)20(2)19-37-31;1-2-3-5-4;2*1-2/h9-13,17-18,32H,2,4-8,14-16,19H2,1,3H3;2H,1,3H2;1-2H3;1H2/b13-12+,22-9+,24-17+;;;.